The average Bonchev–Trinajstić information content (AvgIpc) is 2.68. The summed E-state index contributed by atoms with van der Waals surface area (Å²) in [7, 11) is 0. The quantitative estimate of drug-likeness (QED) is 0.854. The summed E-state index contributed by atoms with van der Waals surface area (Å²) >= 11 is 0. The van der Waals surface area contributed by atoms with Crippen LogP contribution in [0.5, 0.6) is 0 Å². The lowest BCUT2D eigenvalue weighted by molar-refractivity contribution is 0.216. The summed E-state index contributed by atoms with van der Waals surface area (Å²) in [5.74, 6) is -0.282. The molecule has 0 radical (unpaired) electrons. The van der Waals surface area contributed by atoms with Crippen molar-refractivity contribution in [1.29, 1.82) is 0 Å². The highest BCUT2D eigenvalue weighted by Crippen LogP contribution is 2.21. The lowest BCUT2D eigenvalue weighted by Crippen LogP contribution is -2.32. The molecule has 2 rings (SSSR count). The molecule has 1 aromatic rings. The molecule has 0 spiro atoms. The van der Waals surface area contributed by atoms with E-state index in [0.717, 1.165) is 12.0 Å². The molecule has 1 aliphatic heterocycles. The van der Waals surface area contributed by atoms with E-state index >= 15 is 0 Å². The van der Waals surface area contributed by atoms with Crippen molar-refractivity contribution in [2.75, 3.05) is 13.1 Å². The molecule has 3 N–H and O–H groups in total. The first-order valence-corrected chi connectivity index (χ1v) is 6.13. The number of nitrogens with two attached hydrogens (primary N) is 1. The van der Waals surface area contributed by atoms with Crippen LogP contribution < -0.4 is 11.1 Å². The van der Waals surface area contributed by atoms with Gasteiger partial charge in [0.1, 0.15) is 5.82 Å². The van der Waals surface area contributed by atoms with Crippen LogP contribution in [0.1, 0.15) is 24.9 Å². The highest BCUT2D eigenvalue weighted by Gasteiger charge is 2.29. The maximum atomic E-state index is 13.1. The van der Waals surface area contributed by atoms with E-state index in [4.69, 9.17) is 5.73 Å². The van der Waals surface area contributed by atoms with Gasteiger partial charge in [0.15, 0.2) is 0 Å². The van der Waals surface area contributed by atoms with Crippen LogP contribution in [0.15, 0.2) is 24.3 Å². The van der Waals surface area contributed by atoms with Gasteiger partial charge in [-0.15, -0.1) is 0 Å². The van der Waals surface area contributed by atoms with Gasteiger partial charge in [0.05, 0.1) is 6.04 Å². The van der Waals surface area contributed by atoms with Crippen LogP contribution in [0.3, 0.4) is 0 Å². The van der Waals surface area contributed by atoms with Gasteiger partial charge >= 0.3 is 6.03 Å². The molecule has 1 fully saturated rings. The predicted octanol–water partition coefficient (Wildman–Crippen LogP) is 1.63. The van der Waals surface area contributed by atoms with E-state index in [9.17, 15) is 9.18 Å². The summed E-state index contributed by atoms with van der Waals surface area (Å²) < 4.78 is 13.1. The highest BCUT2D eigenvalue weighted by molar-refractivity contribution is 5.77. The topological polar surface area (TPSA) is 58.4 Å². The first kappa shape index (κ1) is 12.8. The fraction of sp³-hybridized carbons (Fsp3) is 0.462. The second-order valence-electron chi connectivity index (χ2n) is 4.77. The third kappa shape index (κ3) is 2.98. The summed E-state index contributed by atoms with van der Waals surface area (Å²) in [6.07, 6.45) is 0.767. The molecule has 2 unspecified atom stereocenters. The van der Waals surface area contributed by atoms with Crippen molar-refractivity contribution in [2.45, 2.75) is 25.4 Å². The maximum Gasteiger partial charge on any atom is 0.318 e. The van der Waals surface area contributed by atoms with Crippen LogP contribution in [-0.2, 0) is 0 Å². The third-order valence-electron chi connectivity index (χ3n) is 3.09. The normalized spacial score (nSPS) is 20.9. The Bertz CT molecular complexity index is 436. The Hall–Kier alpha value is -1.62. The van der Waals surface area contributed by atoms with E-state index in [1.54, 1.807) is 11.0 Å². The first-order valence-electron chi connectivity index (χ1n) is 6.13. The molecular weight excluding hydrogens is 233 g/mol. The number of carbonyl (C=O) groups excluding carboxylic acids is 1. The van der Waals surface area contributed by atoms with Crippen LogP contribution in [0.4, 0.5) is 9.18 Å². The van der Waals surface area contributed by atoms with E-state index in [1.807, 2.05) is 13.0 Å². The number of hydrogen-bond donors (Lipinski definition) is 2. The number of nitrogens with zero attached hydrogens (tertiary/aromatic N) is 1. The third-order valence-corrected chi connectivity index (χ3v) is 3.09. The van der Waals surface area contributed by atoms with Gasteiger partial charge in [-0.1, -0.05) is 12.1 Å². The molecule has 98 valence electrons. The van der Waals surface area contributed by atoms with Crippen LogP contribution in [0.25, 0.3) is 0 Å². The maximum absolute atomic E-state index is 13.1. The number of rotatable bonds is 4. The van der Waals surface area contributed by atoms with Crippen molar-refractivity contribution in [3.05, 3.63) is 35.6 Å². The van der Waals surface area contributed by atoms with Gasteiger partial charge in [-0.3, -0.25) is 0 Å². The molecule has 1 aromatic carbocycles. The van der Waals surface area contributed by atoms with Gasteiger partial charge in [-0.2, -0.15) is 0 Å². The van der Waals surface area contributed by atoms with E-state index in [-0.39, 0.29) is 23.9 Å². The SMILES string of the molecule is CC(N)CCN1CC(c2cccc(F)c2)NC1=O. The number of amides is 2. The summed E-state index contributed by atoms with van der Waals surface area (Å²) in [6, 6.07) is 6.16. The van der Waals surface area contributed by atoms with Crippen molar-refractivity contribution in [3.63, 3.8) is 0 Å². The number of hydrogen-bond acceptors (Lipinski definition) is 2. The van der Waals surface area contributed by atoms with E-state index in [2.05, 4.69) is 5.32 Å². The molecule has 2 amide bonds. The Morgan fingerprint density at radius 3 is 3.06 bits per heavy atom. The molecule has 0 aliphatic carbocycles. The Kier molecular flexibility index (Phi) is 3.81. The van der Waals surface area contributed by atoms with Crippen LogP contribution in [-0.4, -0.2) is 30.1 Å². The fourth-order valence-electron chi connectivity index (χ4n) is 2.05. The Morgan fingerprint density at radius 1 is 1.61 bits per heavy atom. The van der Waals surface area contributed by atoms with Gasteiger partial charge in [-0.05, 0) is 31.0 Å². The molecule has 5 heteroatoms. The Labute approximate surface area is 106 Å². The zero-order chi connectivity index (χ0) is 13.1. The standard InChI is InChI=1S/C13H18FN3O/c1-9(15)5-6-17-8-12(16-13(17)18)10-3-2-4-11(14)7-10/h2-4,7,9,12H,5-6,8,15H2,1H3,(H,16,18). The predicted molar refractivity (Wildman–Crippen MR) is 67.5 cm³/mol. The highest BCUT2D eigenvalue weighted by atomic mass is 19.1. The molecule has 1 saturated heterocycles. The molecule has 0 saturated carbocycles. The summed E-state index contributed by atoms with van der Waals surface area (Å²) in [4.78, 5) is 13.5. The number of urea groups is 1. The van der Waals surface area contributed by atoms with E-state index in [0.29, 0.717) is 13.1 Å². The molecule has 1 aliphatic rings. The van der Waals surface area contributed by atoms with Gasteiger partial charge < -0.3 is 16.0 Å². The molecule has 4 nitrogen and oxygen atoms in total. The van der Waals surface area contributed by atoms with Gasteiger partial charge in [-0.25, -0.2) is 9.18 Å². The molecule has 1 heterocycles. The molecule has 18 heavy (non-hydrogen) atoms. The van der Waals surface area contributed by atoms with E-state index in [1.165, 1.54) is 12.1 Å². The molecular formula is C13H18FN3O. The lowest BCUT2D eigenvalue weighted by atomic mass is 10.1. The number of carbonyl (C=O) groups is 1. The summed E-state index contributed by atoms with van der Waals surface area (Å²) in [5.41, 5.74) is 6.47. The van der Waals surface area contributed by atoms with Crippen LogP contribution >= 0.6 is 0 Å². The number of halogens is 1. The second kappa shape index (κ2) is 5.35. The Balaban J connectivity index is 2.00. The monoisotopic (exact) mass is 251 g/mol. The van der Waals surface area contributed by atoms with Crippen molar-refractivity contribution in [3.8, 4) is 0 Å². The smallest absolute Gasteiger partial charge is 0.318 e. The number of nitrogens with one attached hydrogen (secondary N) is 1. The summed E-state index contributed by atoms with van der Waals surface area (Å²) in [5, 5.41) is 2.85. The van der Waals surface area contributed by atoms with Gasteiger partial charge in [0.2, 0.25) is 0 Å². The zero-order valence-corrected chi connectivity index (χ0v) is 10.4. The summed E-state index contributed by atoms with van der Waals surface area (Å²) in [6.45, 7) is 3.11. The van der Waals surface area contributed by atoms with Crippen molar-refractivity contribution < 1.29 is 9.18 Å². The van der Waals surface area contributed by atoms with Gasteiger partial charge in [0.25, 0.3) is 0 Å². The van der Waals surface area contributed by atoms with Crippen LogP contribution in [0, 0.1) is 5.82 Å². The zero-order valence-electron chi connectivity index (χ0n) is 10.4. The van der Waals surface area contributed by atoms with Gasteiger partial charge in [0, 0.05) is 19.1 Å². The lowest BCUT2D eigenvalue weighted by Gasteiger charge is -2.15. The molecule has 0 bridgehead atoms. The first-order chi connectivity index (χ1) is 8.56. The van der Waals surface area contributed by atoms with Crippen molar-refractivity contribution >= 4 is 6.03 Å². The molecule has 0 aromatic heterocycles. The van der Waals surface area contributed by atoms with Crippen molar-refractivity contribution in [2.24, 2.45) is 5.73 Å². The fourth-order valence-corrected chi connectivity index (χ4v) is 2.05. The minimum atomic E-state index is -0.282. The Morgan fingerprint density at radius 2 is 2.39 bits per heavy atom. The number of benzene rings is 1. The van der Waals surface area contributed by atoms with Crippen LogP contribution in [0.2, 0.25) is 0 Å². The van der Waals surface area contributed by atoms with Crippen molar-refractivity contribution in [1.82, 2.24) is 10.2 Å². The molecule has 2 atom stereocenters. The second-order valence-corrected chi connectivity index (χ2v) is 4.77. The van der Waals surface area contributed by atoms with E-state index < -0.39 is 0 Å². The average molecular weight is 251 g/mol. The minimum absolute atomic E-state index is 0.0750. The minimum Gasteiger partial charge on any atom is -0.329 e. The largest absolute Gasteiger partial charge is 0.329 e.